The monoisotopic (exact) mass is 378 g/mol. The number of ether oxygens (including phenoxy) is 1. The lowest BCUT2D eigenvalue weighted by Crippen LogP contribution is -2.23. The Morgan fingerprint density at radius 2 is 2.11 bits per heavy atom. The van der Waals surface area contributed by atoms with E-state index in [2.05, 4.69) is 15.3 Å². The van der Waals surface area contributed by atoms with Gasteiger partial charge in [0.1, 0.15) is 22.1 Å². The van der Waals surface area contributed by atoms with Gasteiger partial charge < -0.3 is 14.6 Å². The van der Waals surface area contributed by atoms with Crippen molar-refractivity contribution in [1.29, 1.82) is 0 Å². The van der Waals surface area contributed by atoms with Crippen molar-refractivity contribution in [3.05, 3.63) is 65.4 Å². The summed E-state index contributed by atoms with van der Waals surface area (Å²) in [4.78, 5) is 21.4. The summed E-state index contributed by atoms with van der Waals surface area (Å²) in [5.41, 5.74) is 3.20. The van der Waals surface area contributed by atoms with Gasteiger partial charge in [0.25, 0.3) is 5.91 Å². The molecular weight excluding hydrogens is 360 g/mol. The van der Waals surface area contributed by atoms with E-state index in [-0.39, 0.29) is 5.91 Å². The van der Waals surface area contributed by atoms with Gasteiger partial charge in [-0.3, -0.25) is 4.79 Å². The maximum absolute atomic E-state index is 12.5. The number of aromatic nitrogens is 3. The quantitative estimate of drug-likeness (QED) is 0.576. The van der Waals surface area contributed by atoms with Gasteiger partial charge in [-0.15, -0.1) is 11.3 Å². The summed E-state index contributed by atoms with van der Waals surface area (Å²) >= 11 is 1.45. The number of aryl methyl sites for hydroxylation is 1. The smallest absolute Gasteiger partial charge is 0.271 e. The number of thiazole rings is 1. The number of hydrogen-bond acceptors (Lipinski definition) is 5. The van der Waals surface area contributed by atoms with E-state index in [0.29, 0.717) is 12.2 Å². The third-order valence-corrected chi connectivity index (χ3v) is 5.21. The second-order valence-corrected chi connectivity index (χ2v) is 6.92. The van der Waals surface area contributed by atoms with Crippen LogP contribution in [0.1, 0.15) is 16.1 Å². The summed E-state index contributed by atoms with van der Waals surface area (Å²) < 4.78 is 7.28. The first-order valence-corrected chi connectivity index (χ1v) is 9.31. The highest BCUT2D eigenvalue weighted by Gasteiger charge is 2.16. The third-order valence-electron chi connectivity index (χ3n) is 4.33. The molecule has 3 heterocycles. The topological polar surface area (TPSA) is 69.0 Å². The first-order chi connectivity index (χ1) is 13.2. The highest BCUT2D eigenvalue weighted by molar-refractivity contribution is 7.13. The second kappa shape index (κ2) is 7.20. The first-order valence-electron chi connectivity index (χ1n) is 8.43. The van der Waals surface area contributed by atoms with Gasteiger partial charge >= 0.3 is 0 Å². The molecule has 0 aliphatic heterocycles. The van der Waals surface area contributed by atoms with E-state index in [1.165, 1.54) is 11.3 Å². The summed E-state index contributed by atoms with van der Waals surface area (Å²) in [7, 11) is 3.57. The van der Waals surface area contributed by atoms with E-state index < -0.39 is 0 Å². The van der Waals surface area contributed by atoms with Gasteiger partial charge in [0, 0.05) is 47.9 Å². The lowest BCUT2D eigenvalue weighted by molar-refractivity contribution is 0.0946. The number of para-hydroxylation sites is 1. The Bertz CT molecular complexity index is 1120. The van der Waals surface area contributed by atoms with Gasteiger partial charge in [0.2, 0.25) is 0 Å². The van der Waals surface area contributed by atoms with Gasteiger partial charge in [-0.05, 0) is 18.2 Å². The molecule has 4 aromatic rings. The molecule has 0 atom stereocenters. The van der Waals surface area contributed by atoms with Crippen molar-refractivity contribution in [2.75, 3.05) is 7.11 Å². The largest absolute Gasteiger partial charge is 0.496 e. The number of fused-ring (bicyclic) bond motifs is 1. The highest BCUT2D eigenvalue weighted by atomic mass is 32.1. The molecule has 0 radical (unpaired) electrons. The molecule has 4 rings (SSSR count). The lowest BCUT2D eigenvalue weighted by Gasteiger charge is -2.08. The van der Waals surface area contributed by atoms with Crippen LogP contribution < -0.4 is 10.1 Å². The lowest BCUT2D eigenvalue weighted by atomic mass is 10.2. The fraction of sp³-hybridized carbons (Fsp3) is 0.150. The van der Waals surface area contributed by atoms with E-state index in [0.717, 1.165) is 32.9 Å². The zero-order chi connectivity index (χ0) is 18.8. The van der Waals surface area contributed by atoms with Crippen molar-refractivity contribution < 1.29 is 9.53 Å². The van der Waals surface area contributed by atoms with E-state index >= 15 is 0 Å². The third kappa shape index (κ3) is 3.29. The molecule has 0 aliphatic rings. The van der Waals surface area contributed by atoms with Gasteiger partial charge in [-0.2, -0.15) is 0 Å². The number of pyridine rings is 1. The fourth-order valence-electron chi connectivity index (χ4n) is 3.00. The average Bonchev–Trinajstić information content (AvgIpc) is 3.32. The van der Waals surface area contributed by atoms with Gasteiger partial charge in [0.15, 0.2) is 0 Å². The van der Waals surface area contributed by atoms with E-state index in [1.54, 1.807) is 18.7 Å². The van der Waals surface area contributed by atoms with Gasteiger partial charge in [0.05, 0.1) is 7.11 Å². The van der Waals surface area contributed by atoms with Crippen LogP contribution in [0.5, 0.6) is 5.75 Å². The molecule has 1 aromatic carbocycles. The minimum absolute atomic E-state index is 0.207. The summed E-state index contributed by atoms with van der Waals surface area (Å²) in [5.74, 6) is 0.543. The molecule has 0 aliphatic carbocycles. The SMILES string of the molecule is COc1ccccc1CNC(=O)c1csc(-c2cn(C)c3ncccc23)n1. The Morgan fingerprint density at radius 3 is 2.96 bits per heavy atom. The number of methoxy groups -OCH3 is 1. The van der Waals surface area contributed by atoms with Gasteiger partial charge in [-0.25, -0.2) is 9.97 Å². The Labute approximate surface area is 160 Å². The Kier molecular flexibility index (Phi) is 4.60. The van der Waals surface area contributed by atoms with Crippen LogP contribution in [0.25, 0.3) is 21.6 Å². The number of nitrogens with one attached hydrogen (secondary N) is 1. The van der Waals surface area contributed by atoms with Crippen LogP contribution in [-0.4, -0.2) is 27.6 Å². The van der Waals surface area contributed by atoms with Crippen LogP contribution in [0.15, 0.2) is 54.2 Å². The molecular formula is C20H18N4O2S. The molecule has 0 fully saturated rings. The maximum atomic E-state index is 12.5. The normalized spacial score (nSPS) is 10.9. The first kappa shape index (κ1) is 17.2. The second-order valence-electron chi connectivity index (χ2n) is 6.06. The number of nitrogens with zero attached hydrogens (tertiary/aromatic N) is 3. The van der Waals surface area contributed by atoms with Crippen LogP contribution in [-0.2, 0) is 13.6 Å². The summed E-state index contributed by atoms with van der Waals surface area (Å²) in [6.07, 6.45) is 3.76. The molecule has 1 amide bonds. The predicted molar refractivity (Wildman–Crippen MR) is 106 cm³/mol. The van der Waals surface area contributed by atoms with Crippen molar-refractivity contribution in [2.24, 2.45) is 7.05 Å². The van der Waals surface area contributed by atoms with E-state index in [4.69, 9.17) is 4.74 Å². The number of amides is 1. The molecule has 136 valence electrons. The highest BCUT2D eigenvalue weighted by Crippen LogP contribution is 2.31. The molecule has 7 heteroatoms. The molecule has 0 saturated heterocycles. The number of benzene rings is 1. The average molecular weight is 378 g/mol. The van der Waals surface area contributed by atoms with E-state index in [1.807, 2.05) is 54.2 Å². The Balaban J connectivity index is 1.54. The van der Waals surface area contributed by atoms with Crippen LogP contribution in [0.4, 0.5) is 0 Å². The minimum atomic E-state index is -0.207. The molecule has 6 nitrogen and oxygen atoms in total. The standard InChI is InChI=1S/C20H18N4O2S/c1-24-11-15(14-7-5-9-21-18(14)24)20-23-16(12-27-20)19(25)22-10-13-6-3-4-8-17(13)26-2/h3-9,11-12H,10H2,1-2H3,(H,22,25). The minimum Gasteiger partial charge on any atom is -0.496 e. The molecule has 1 N–H and O–H groups in total. The Hall–Kier alpha value is -3.19. The van der Waals surface area contributed by atoms with Crippen molar-refractivity contribution >= 4 is 28.3 Å². The molecule has 0 unspecified atom stereocenters. The number of rotatable bonds is 5. The summed E-state index contributed by atoms with van der Waals surface area (Å²) in [6.45, 7) is 0.383. The Morgan fingerprint density at radius 1 is 1.26 bits per heavy atom. The van der Waals surface area contributed by atoms with E-state index in [9.17, 15) is 4.79 Å². The molecule has 0 bridgehead atoms. The zero-order valence-electron chi connectivity index (χ0n) is 15.0. The number of carbonyl (C=O) groups is 1. The summed E-state index contributed by atoms with van der Waals surface area (Å²) in [5, 5.41) is 6.51. The van der Waals surface area contributed by atoms with Crippen LogP contribution in [0.3, 0.4) is 0 Å². The number of carbonyl (C=O) groups excluding carboxylic acids is 1. The number of hydrogen-bond donors (Lipinski definition) is 1. The predicted octanol–water partition coefficient (Wildman–Crippen LogP) is 3.64. The van der Waals surface area contributed by atoms with Crippen LogP contribution in [0.2, 0.25) is 0 Å². The molecule has 27 heavy (non-hydrogen) atoms. The zero-order valence-corrected chi connectivity index (χ0v) is 15.8. The van der Waals surface area contributed by atoms with Crippen molar-refractivity contribution in [3.63, 3.8) is 0 Å². The molecule has 0 saturated carbocycles. The van der Waals surface area contributed by atoms with Crippen LogP contribution in [0, 0.1) is 0 Å². The van der Waals surface area contributed by atoms with Crippen molar-refractivity contribution in [2.45, 2.75) is 6.54 Å². The van der Waals surface area contributed by atoms with Crippen molar-refractivity contribution in [1.82, 2.24) is 19.9 Å². The van der Waals surface area contributed by atoms with Gasteiger partial charge in [-0.1, -0.05) is 18.2 Å². The maximum Gasteiger partial charge on any atom is 0.271 e. The van der Waals surface area contributed by atoms with Crippen molar-refractivity contribution in [3.8, 4) is 16.3 Å². The molecule has 3 aromatic heterocycles. The summed E-state index contributed by atoms with van der Waals surface area (Å²) in [6, 6.07) is 11.5. The fourth-order valence-corrected chi connectivity index (χ4v) is 3.82. The molecule has 0 spiro atoms. The van der Waals surface area contributed by atoms with Crippen LogP contribution >= 0.6 is 11.3 Å².